The molecule has 1 fully saturated rings. The fourth-order valence-electron chi connectivity index (χ4n) is 4.30. The zero-order valence-corrected chi connectivity index (χ0v) is 23.7. The maximum atomic E-state index is 11.9. The largest absolute Gasteiger partial charge is 0.495 e. The highest BCUT2D eigenvalue weighted by Crippen LogP contribution is 2.45. The maximum Gasteiger partial charge on any atom is 0.276 e. The van der Waals surface area contributed by atoms with E-state index in [9.17, 15) is 10.1 Å². The van der Waals surface area contributed by atoms with Crippen LogP contribution in [0.3, 0.4) is 0 Å². The summed E-state index contributed by atoms with van der Waals surface area (Å²) in [6.45, 7) is 2.29. The number of nitrogens with one attached hydrogen (secondary N) is 2. The molecule has 0 amide bonds. The van der Waals surface area contributed by atoms with Crippen LogP contribution in [0.4, 0.5) is 17.2 Å². The summed E-state index contributed by atoms with van der Waals surface area (Å²) in [5, 5.41) is 18.7. The summed E-state index contributed by atoms with van der Waals surface area (Å²) < 4.78 is 16.5. The molecule has 1 aliphatic rings. The Morgan fingerprint density at radius 2 is 1.80 bits per heavy atom. The number of halogens is 2. The predicted octanol–water partition coefficient (Wildman–Crippen LogP) is 5.70. The Bertz CT molecular complexity index is 1560. The van der Waals surface area contributed by atoms with Crippen molar-refractivity contribution in [2.75, 3.05) is 39.2 Å². The third-order valence-corrected chi connectivity index (χ3v) is 7.35. The molecule has 5 rings (SSSR count). The molecule has 2 N–H and O–H groups in total. The first-order valence-corrected chi connectivity index (χ1v) is 13.4. The highest BCUT2D eigenvalue weighted by atomic mass is 35.5. The molecule has 13 heteroatoms. The smallest absolute Gasteiger partial charge is 0.276 e. The zero-order chi connectivity index (χ0) is 28.9. The minimum absolute atomic E-state index is 0.0330. The molecule has 2 aromatic carbocycles. The molecule has 0 unspecified atom stereocenters. The van der Waals surface area contributed by atoms with Gasteiger partial charge in [-0.05, 0) is 30.3 Å². The Morgan fingerprint density at radius 3 is 2.46 bits per heavy atom. The van der Waals surface area contributed by atoms with E-state index in [2.05, 4.69) is 25.6 Å². The molecule has 0 saturated carbocycles. The van der Waals surface area contributed by atoms with E-state index in [1.807, 2.05) is 6.07 Å². The SMILES string of the molecule is COc1cc(OC)c(Cl)c(Nc2ncccc2-c2cc(Cc3ccc(OCC4CNC4)cc3[N+](=O)[O-])ncn2)c1Cl. The van der Waals surface area contributed by atoms with Crippen LogP contribution < -0.4 is 24.8 Å². The number of nitro benzene ring substituents is 1. The van der Waals surface area contributed by atoms with Gasteiger partial charge in [-0.1, -0.05) is 23.2 Å². The van der Waals surface area contributed by atoms with Gasteiger partial charge in [-0.2, -0.15) is 0 Å². The number of pyridine rings is 1. The fraction of sp³-hybridized carbons (Fsp3) is 0.250. The standard InChI is InChI=1S/C28H26Cl2N6O5/c1-39-23-11-24(40-2)26(30)27(25(23)29)35-28-20(4-3-7-32-28)21-9-18(33-15-34-21)8-17-5-6-19(10-22(17)36(37)38)41-14-16-12-31-13-16/h3-7,9-11,15-16,31H,8,12-14H2,1-2H3,(H,32,35). The Hall–Kier alpha value is -4.19. The number of anilines is 2. The van der Waals surface area contributed by atoms with Crippen LogP contribution in [0, 0.1) is 16.0 Å². The minimum atomic E-state index is -0.409. The van der Waals surface area contributed by atoms with Crippen LogP contribution in [0.5, 0.6) is 17.2 Å². The van der Waals surface area contributed by atoms with E-state index >= 15 is 0 Å². The van der Waals surface area contributed by atoms with E-state index < -0.39 is 4.92 Å². The molecule has 212 valence electrons. The van der Waals surface area contributed by atoms with Gasteiger partial charge in [-0.15, -0.1) is 0 Å². The second kappa shape index (κ2) is 12.5. The quantitative estimate of drug-likeness (QED) is 0.164. The Balaban J connectivity index is 1.42. The van der Waals surface area contributed by atoms with Crippen molar-refractivity contribution in [2.45, 2.75) is 6.42 Å². The molecule has 0 aliphatic carbocycles. The normalized spacial score (nSPS) is 12.9. The summed E-state index contributed by atoms with van der Waals surface area (Å²) in [7, 11) is 2.98. The van der Waals surface area contributed by atoms with Crippen LogP contribution in [-0.4, -0.2) is 53.8 Å². The number of benzene rings is 2. The second-order valence-electron chi connectivity index (χ2n) is 9.26. The van der Waals surface area contributed by atoms with Crippen molar-refractivity contribution in [3.63, 3.8) is 0 Å². The highest BCUT2D eigenvalue weighted by molar-refractivity contribution is 6.41. The zero-order valence-electron chi connectivity index (χ0n) is 22.2. The molecule has 2 aromatic heterocycles. The van der Waals surface area contributed by atoms with Gasteiger partial charge in [0.2, 0.25) is 0 Å². The fourth-order valence-corrected chi connectivity index (χ4v) is 4.89. The lowest BCUT2D eigenvalue weighted by Gasteiger charge is -2.26. The summed E-state index contributed by atoms with van der Waals surface area (Å²) in [6, 6.07) is 11.8. The summed E-state index contributed by atoms with van der Waals surface area (Å²) in [6.07, 6.45) is 3.24. The number of hydrogen-bond donors (Lipinski definition) is 2. The molecular weight excluding hydrogens is 571 g/mol. The lowest BCUT2D eigenvalue weighted by molar-refractivity contribution is -0.385. The van der Waals surface area contributed by atoms with Crippen LogP contribution in [0.2, 0.25) is 10.0 Å². The molecule has 3 heterocycles. The van der Waals surface area contributed by atoms with E-state index in [0.29, 0.717) is 63.8 Å². The van der Waals surface area contributed by atoms with Crippen molar-refractivity contribution in [2.24, 2.45) is 5.92 Å². The maximum absolute atomic E-state index is 11.9. The number of hydrogen-bond acceptors (Lipinski definition) is 10. The lowest BCUT2D eigenvalue weighted by atomic mass is 10.0. The molecule has 1 aliphatic heterocycles. The van der Waals surface area contributed by atoms with Crippen LogP contribution in [0.25, 0.3) is 11.3 Å². The molecule has 0 spiro atoms. The van der Waals surface area contributed by atoms with Crippen LogP contribution in [0.1, 0.15) is 11.3 Å². The third-order valence-electron chi connectivity index (χ3n) is 6.60. The van der Waals surface area contributed by atoms with Gasteiger partial charge in [-0.25, -0.2) is 15.0 Å². The van der Waals surface area contributed by atoms with Crippen molar-refractivity contribution in [3.8, 4) is 28.5 Å². The summed E-state index contributed by atoms with van der Waals surface area (Å²) in [5.74, 6) is 2.04. The van der Waals surface area contributed by atoms with E-state index in [1.54, 1.807) is 36.5 Å². The first-order valence-electron chi connectivity index (χ1n) is 12.6. The van der Waals surface area contributed by atoms with E-state index in [0.717, 1.165) is 13.1 Å². The van der Waals surface area contributed by atoms with Gasteiger partial charge in [0.05, 0.1) is 43.2 Å². The van der Waals surface area contributed by atoms with Crippen molar-refractivity contribution in [1.82, 2.24) is 20.3 Å². The summed E-state index contributed by atoms with van der Waals surface area (Å²) in [4.78, 5) is 24.7. The lowest BCUT2D eigenvalue weighted by Crippen LogP contribution is -2.45. The summed E-state index contributed by atoms with van der Waals surface area (Å²) >= 11 is 13.1. The minimum Gasteiger partial charge on any atom is -0.495 e. The third kappa shape index (κ3) is 6.27. The molecule has 4 aromatic rings. The summed E-state index contributed by atoms with van der Waals surface area (Å²) in [5.41, 5.74) is 2.59. The first-order chi connectivity index (χ1) is 19.9. The number of rotatable bonds is 11. The first kappa shape index (κ1) is 28.3. The second-order valence-corrected chi connectivity index (χ2v) is 10.0. The van der Waals surface area contributed by atoms with Gasteiger partial charge >= 0.3 is 0 Å². The molecule has 11 nitrogen and oxygen atoms in total. The van der Waals surface area contributed by atoms with E-state index in [-0.39, 0.29) is 22.2 Å². The Kier molecular flexibility index (Phi) is 8.67. The monoisotopic (exact) mass is 596 g/mol. The Morgan fingerprint density at radius 1 is 1.05 bits per heavy atom. The van der Waals surface area contributed by atoms with Crippen molar-refractivity contribution in [1.29, 1.82) is 0 Å². The van der Waals surface area contributed by atoms with Gasteiger partial charge < -0.3 is 24.8 Å². The van der Waals surface area contributed by atoms with Crippen LogP contribution in [-0.2, 0) is 6.42 Å². The van der Waals surface area contributed by atoms with E-state index in [4.69, 9.17) is 37.4 Å². The molecule has 0 radical (unpaired) electrons. The molecular formula is C28H26Cl2N6O5. The number of nitro groups is 1. The van der Waals surface area contributed by atoms with Crippen LogP contribution >= 0.6 is 23.2 Å². The van der Waals surface area contributed by atoms with Gasteiger partial charge in [0, 0.05) is 54.5 Å². The Labute approximate surface area is 246 Å². The molecule has 0 bridgehead atoms. The highest BCUT2D eigenvalue weighted by Gasteiger charge is 2.22. The predicted molar refractivity (Wildman–Crippen MR) is 156 cm³/mol. The van der Waals surface area contributed by atoms with E-state index in [1.165, 1.54) is 26.6 Å². The van der Waals surface area contributed by atoms with Crippen molar-refractivity contribution in [3.05, 3.63) is 86.4 Å². The number of nitrogens with zero attached hydrogens (tertiary/aromatic N) is 4. The average Bonchev–Trinajstić information content (AvgIpc) is 2.95. The van der Waals surface area contributed by atoms with Gasteiger partial charge in [0.25, 0.3) is 5.69 Å². The number of ether oxygens (including phenoxy) is 3. The topological polar surface area (TPSA) is 134 Å². The number of methoxy groups -OCH3 is 2. The van der Waals surface area contributed by atoms with Gasteiger partial charge in [0.15, 0.2) is 0 Å². The van der Waals surface area contributed by atoms with Crippen molar-refractivity contribution < 1.29 is 19.1 Å². The van der Waals surface area contributed by atoms with Crippen LogP contribution in [0.15, 0.2) is 55.0 Å². The molecule has 0 atom stereocenters. The average molecular weight is 597 g/mol. The molecule has 1 saturated heterocycles. The van der Waals surface area contributed by atoms with Crippen molar-refractivity contribution >= 4 is 40.4 Å². The van der Waals surface area contributed by atoms with Gasteiger partial charge in [0.1, 0.15) is 39.4 Å². The molecule has 41 heavy (non-hydrogen) atoms. The number of aromatic nitrogens is 3. The van der Waals surface area contributed by atoms with Gasteiger partial charge in [-0.3, -0.25) is 10.1 Å².